The van der Waals surface area contributed by atoms with Crippen molar-refractivity contribution in [2.24, 2.45) is 5.92 Å². The first kappa shape index (κ1) is 14.3. The highest BCUT2D eigenvalue weighted by Crippen LogP contribution is 2.29. The minimum absolute atomic E-state index is 0.530. The van der Waals surface area contributed by atoms with Crippen LogP contribution in [-0.4, -0.2) is 13.2 Å². The van der Waals surface area contributed by atoms with Gasteiger partial charge in [0.1, 0.15) is 5.75 Å². The van der Waals surface area contributed by atoms with E-state index in [0.29, 0.717) is 22.7 Å². The number of hydrogen-bond donors (Lipinski definition) is 1. The summed E-state index contributed by atoms with van der Waals surface area (Å²) < 4.78 is 5.16. The first-order valence-electron chi connectivity index (χ1n) is 6.91. The van der Waals surface area contributed by atoms with E-state index in [1.807, 2.05) is 18.2 Å². The van der Waals surface area contributed by atoms with E-state index >= 15 is 0 Å². The molecule has 2 rings (SSSR count). The second kappa shape index (κ2) is 6.33. The topological polar surface area (TPSA) is 21.3 Å². The van der Waals surface area contributed by atoms with E-state index in [2.05, 4.69) is 18.8 Å². The van der Waals surface area contributed by atoms with Gasteiger partial charge in [0.25, 0.3) is 0 Å². The Morgan fingerprint density at radius 2 is 2.11 bits per heavy atom. The molecule has 0 aromatic heterocycles. The third-order valence-corrected chi connectivity index (χ3v) is 4.27. The van der Waals surface area contributed by atoms with Gasteiger partial charge in [-0.05, 0) is 42.5 Å². The summed E-state index contributed by atoms with van der Waals surface area (Å²) in [5.41, 5.74) is 1.98. The van der Waals surface area contributed by atoms with Gasteiger partial charge in [-0.25, -0.2) is 0 Å². The van der Waals surface area contributed by atoms with Gasteiger partial charge in [-0.2, -0.15) is 0 Å². The van der Waals surface area contributed by atoms with E-state index in [4.69, 9.17) is 16.3 Å². The molecule has 0 spiro atoms. The van der Waals surface area contributed by atoms with Gasteiger partial charge in [0.2, 0.25) is 0 Å². The molecule has 0 bridgehead atoms. The van der Waals surface area contributed by atoms with Crippen LogP contribution in [0.5, 0.6) is 5.75 Å². The van der Waals surface area contributed by atoms with Crippen LogP contribution in [0, 0.1) is 5.92 Å². The van der Waals surface area contributed by atoms with E-state index in [0.717, 1.165) is 11.3 Å². The molecule has 104 valence electrons. The highest BCUT2D eigenvalue weighted by atomic mass is 35.5. The van der Waals surface area contributed by atoms with E-state index in [1.165, 1.54) is 25.7 Å². The van der Waals surface area contributed by atoms with Crippen molar-refractivity contribution in [3.05, 3.63) is 35.4 Å². The molecule has 0 amide bonds. The van der Waals surface area contributed by atoms with Gasteiger partial charge in [0.05, 0.1) is 12.1 Å². The highest BCUT2D eigenvalue weighted by molar-refractivity contribution is 6.32. The first-order chi connectivity index (χ1) is 9.11. The van der Waals surface area contributed by atoms with Crippen LogP contribution in [0.25, 0.3) is 5.70 Å². The van der Waals surface area contributed by atoms with Gasteiger partial charge < -0.3 is 10.1 Å². The minimum atomic E-state index is 0.530. The van der Waals surface area contributed by atoms with Crippen LogP contribution in [0.3, 0.4) is 0 Å². The molecular formula is C16H22ClNO. The molecule has 1 aromatic rings. The van der Waals surface area contributed by atoms with Crippen molar-refractivity contribution in [3.63, 3.8) is 0 Å². The molecule has 0 saturated heterocycles. The van der Waals surface area contributed by atoms with E-state index in [-0.39, 0.29) is 0 Å². The Morgan fingerprint density at radius 3 is 2.74 bits per heavy atom. The normalized spacial score (nSPS) is 22.9. The van der Waals surface area contributed by atoms with Crippen molar-refractivity contribution in [2.45, 2.75) is 38.6 Å². The summed E-state index contributed by atoms with van der Waals surface area (Å²) in [5.74, 6) is 1.41. The van der Waals surface area contributed by atoms with Crippen LogP contribution in [0.1, 0.15) is 38.2 Å². The van der Waals surface area contributed by atoms with Gasteiger partial charge in [-0.15, -0.1) is 0 Å². The molecule has 3 heteroatoms. The third-order valence-electron chi connectivity index (χ3n) is 3.97. The third kappa shape index (κ3) is 3.44. The molecule has 1 N–H and O–H groups in total. The summed E-state index contributed by atoms with van der Waals surface area (Å²) in [6.07, 6.45) is 5.18. The Morgan fingerprint density at radius 1 is 1.37 bits per heavy atom. The van der Waals surface area contributed by atoms with E-state index in [1.54, 1.807) is 7.11 Å². The van der Waals surface area contributed by atoms with Gasteiger partial charge in [-0.3, -0.25) is 0 Å². The van der Waals surface area contributed by atoms with Gasteiger partial charge in [0, 0.05) is 11.7 Å². The van der Waals surface area contributed by atoms with Crippen molar-refractivity contribution in [3.8, 4) is 5.75 Å². The largest absolute Gasteiger partial charge is 0.495 e. The summed E-state index contributed by atoms with van der Waals surface area (Å²) in [6, 6.07) is 6.31. The summed E-state index contributed by atoms with van der Waals surface area (Å²) in [4.78, 5) is 0. The Kier molecular flexibility index (Phi) is 4.76. The number of halogens is 1. The van der Waals surface area contributed by atoms with Crippen LogP contribution < -0.4 is 10.1 Å². The van der Waals surface area contributed by atoms with Crippen LogP contribution in [-0.2, 0) is 0 Å². The summed E-state index contributed by atoms with van der Waals surface area (Å²) in [6.45, 7) is 6.45. The van der Waals surface area contributed by atoms with E-state index in [9.17, 15) is 0 Å². The van der Waals surface area contributed by atoms with Crippen molar-refractivity contribution >= 4 is 17.3 Å². The van der Waals surface area contributed by atoms with Gasteiger partial charge >= 0.3 is 0 Å². The minimum Gasteiger partial charge on any atom is -0.495 e. The number of nitrogens with one attached hydrogen (secondary N) is 1. The second-order valence-corrected chi connectivity index (χ2v) is 5.75. The second-order valence-electron chi connectivity index (χ2n) is 5.34. The lowest BCUT2D eigenvalue weighted by Gasteiger charge is -2.31. The van der Waals surface area contributed by atoms with Crippen molar-refractivity contribution in [1.82, 2.24) is 5.32 Å². The Bertz CT molecular complexity index is 458. The fourth-order valence-corrected chi connectivity index (χ4v) is 2.95. The molecule has 0 radical (unpaired) electrons. The molecule has 1 aliphatic rings. The zero-order valence-electron chi connectivity index (χ0n) is 11.7. The maximum Gasteiger partial charge on any atom is 0.137 e. The molecule has 1 aliphatic carbocycles. The molecule has 1 saturated carbocycles. The SMILES string of the molecule is C=C(NC1CCCCC1C)c1ccc(OC)c(Cl)c1. The fourth-order valence-electron chi connectivity index (χ4n) is 2.69. The molecule has 0 heterocycles. The zero-order valence-corrected chi connectivity index (χ0v) is 12.5. The average Bonchev–Trinajstić information content (AvgIpc) is 2.41. The quantitative estimate of drug-likeness (QED) is 0.877. The maximum absolute atomic E-state index is 6.15. The first-order valence-corrected chi connectivity index (χ1v) is 7.29. The van der Waals surface area contributed by atoms with Crippen LogP contribution >= 0.6 is 11.6 Å². The summed E-state index contributed by atoms with van der Waals surface area (Å²) >= 11 is 6.15. The number of hydrogen-bond acceptors (Lipinski definition) is 2. The van der Waals surface area contributed by atoms with Gasteiger partial charge in [-0.1, -0.05) is 37.9 Å². The monoisotopic (exact) mass is 279 g/mol. The molecule has 19 heavy (non-hydrogen) atoms. The van der Waals surface area contributed by atoms with Crippen LogP contribution in [0.4, 0.5) is 0 Å². The Hall–Kier alpha value is -1.15. The predicted molar refractivity (Wildman–Crippen MR) is 81.6 cm³/mol. The van der Waals surface area contributed by atoms with Crippen molar-refractivity contribution < 1.29 is 4.74 Å². The Labute approximate surface area is 120 Å². The average molecular weight is 280 g/mol. The fraction of sp³-hybridized carbons (Fsp3) is 0.500. The number of benzene rings is 1. The molecule has 1 fully saturated rings. The summed E-state index contributed by atoms with van der Waals surface area (Å²) in [7, 11) is 1.62. The molecule has 0 aliphatic heterocycles. The lowest BCUT2D eigenvalue weighted by molar-refractivity contribution is 0.305. The predicted octanol–water partition coefficient (Wildman–Crippen LogP) is 4.49. The zero-order chi connectivity index (χ0) is 13.8. The molecule has 2 atom stereocenters. The standard InChI is InChI=1S/C16H22ClNO/c1-11-6-4-5-7-15(11)18-12(2)13-8-9-16(19-3)14(17)10-13/h8-11,15,18H,2,4-7H2,1,3H3. The molecular weight excluding hydrogens is 258 g/mol. The lowest BCUT2D eigenvalue weighted by atomic mass is 9.85. The van der Waals surface area contributed by atoms with Gasteiger partial charge in [0.15, 0.2) is 0 Å². The lowest BCUT2D eigenvalue weighted by Crippen LogP contribution is -2.35. The molecule has 2 nitrogen and oxygen atoms in total. The van der Waals surface area contributed by atoms with Crippen molar-refractivity contribution in [2.75, 3.05) is 7.11 Å². The number of rotatable bonds is 4. The van der Waals surface area contributed by atoms with Crippen LogP contribution in [0.15, 0.2) is 24.8 Å². The number of methoxy groups -OCH3 is 1. The van der Waals surface area contributed by atoms with E-state index < -0.39 is 0 Å². The molecule has 1 aromatic carbocycles. The Balaban J connectivity index is 2.05. The summed E-state index contributed by atoms with van der Waals surface area (Å²) in [5, 5.41) is 4.18. The van der Waals surface area contributed by atoms with Crippen LogP contribution in [0.2, 0.25) is 5.02 Å². The maximum atomic E-state index is 6.15. The number of ether oxygens (including phenoxy) is 1. The highest BCUT2D eigenvalue weighted by Gasteiger charge is 2.21. The smallest absolute Gasteiger partial charge is 0.137 e. The molecule has 2 unspecified atom stereocenters. The van der Waals surface area contributed by atoms with Crippen molar-refractivity contribution in [1.29, 1.82) is 0 Å².